The molecule has 0 aliphatic carbocycles. The van der Waals surface area contributed by atoms with Crippen molar-refractivity contribution in [2.75, 3.05) is 5.32 Å². The summed E-state index contributed by atoms with van der Waals surface area (Å²) in [4.78, 5) is 30.0. The second kappa shape index (κ2) is 9.36. The number of carbonyl (C=O) groups is 1. The molecule has 0 atom stereocenters. The molecule has 0 saturated heterocycles. The quantitative estimate of drug-likeness (QED) is 0.417. The van der Waals surface area contributed by atoms with E-state index >= 15 is 0 Å². The van der Waals surface area contributed by atoms with Crippen LogP contribution in [-0.4, -0.2) is 20.7 Å². The average molecular weight is 447 g/mol. The maximum absolute atomic E-state index is 13.0. The highest BCUT2D eigenvalue weighted by molar-refractivity contribution is 7.12. The molecule has 6 nitrogen and oxygen atoms in total. The number of rotatable bonds is 7. The fraction of sp³-hybridized carbons (Fsp3) is 0.240. The van der Waals surface area contributed by atoms with Crippen molar-refractivity contribution < 1.29 is 4.79 Å². The number of hydrogen-bond donors (Lipinski definition) is 2. The summed E-state index contributed by atoms with van der Waals surface area (Å²) < 4.78 is 1.47. The lowest BCUT2D eigenvalue weighted by Crippen LogP contribution is -2.19. The minimum Gasteiger partial charge on any atom is -0.326 e. The Morgan fingerprint density at radius 2 is 1.81 bits per heavy atom. The lowest BCUT2D eigenvalue weighted by Gasteiger charge is -2.05. The molecule has 2 aromatic carbocycles. The molecule has 2 aromatic heterocycles. The van der Waals surface area contributed by atoms with Crippen molar-refractivity contribution in [1.29, 1.82) is 0 Å². The van der Waals surface area contributed by atoms with E-state index in [0.717, 1.165) is 29.1 Å². The number of carbonyl (C=O) groups excluding carboxylic acids is 1. The third kappa shape index (κ3) is 4.73. The van der Waals surface area contributed by atoms with Crippen LogP contribution in [0.2, 0.25) is 0 Å². The number of thiazole rings is 1. The minimum absolute atomic E-state index is 0.114. The van der Waals surface area contributed by atoms with Crippen LogP contribution in [0, 0.1) is 13.8 Å². The van der Waals surface area contributed by atoms with Crippen LogP contribution in [0.15, 0.2) is 58.7 Å². The molecule has 0 bridgehead atoms. The molecule has 164 valence electrons. The zero-order valence-corrected chi connectivity index (χ0v) is 19.3. The van der Waals surface area contributed by atoms with E-state index in [4.69, 9.17) is 0 Å². The number of aromatic nitrogens is 3. The van der Waals surface area contributed by atoms with E-state index in [2.05, 4.69) is 22.3 Å². The monoisotopic (exact) mass is 446 g/mol. The second-order valence-electron chi connectivity index (χ2n) is 7.84. The van der Waals surface area contributed by atoms with E-state index in [1.165, 1.54) is 27.1 Å². The maximum atomic E-state index is 13.0. The number of aromatic amines is 1. The van der Waals surface area contributed by atoms with Crippen LogP contribution in [0.1, 0.15) is 35.7 Å². The molecule has 4 aromatic rings. The van der Waals surface area contributed by atoms with Crippen LogP contribution in [0.4, 0.5) is 5.69 Å². The Morgan fingerprint density at radius 3 is 2.50 bits per heavy atom. The highest BCUT2D eigenvalue weighted by Crippen LogP contribution is 2.24. The third-order valence-electron chi connectivity index (χ3n) is 5.47. The van der Waals surface area contributed by atoms with Gasteiger partial charge in [0.25, 0.3) is 5.56 Å². The van der Waals surface area contributed by atoms with Gasteiger partial charge < -0.3 is 5.32 Å². The summed E-state index contributed by atoms with van der Waals surface area (Å²) in [6, 6.07) is 15.9. The van der Waals surface area contributed by atoms with Crippen LogP contribution in [0.3, 0.4) is 0 Å². The first kappa shape index (κ1) is 21.8. The van der Waals surface area contributed by atoms with Crippen molar-refractivity contribution in [2.45, 2.75) is 40.0 Å². The largest absolute Gasteiger partial charge is 0.326 e. The number of hydrogen-bond acceptors (Lipinski definition) is 4. The van der Waals surface area contributed by atoms with E-state index in [0.29, 0.717) is 17.1 Å². The van der Waals surface area contributed by atoms with E-state index in [-0.39, 0.29) is 17.9 Å². The fourth-order valence-electron chi connectivity index (χ4n) is 3.52. The molecule has 0 aliphatic heterocycles. The molecule has 7 heteroatoms. The SMILES string of the molecule is CCc1ccc(NC(=O)CCc2c(C)[nH]n(-c3nc(-c4ccc(C)cc4)cs3)c2=O)cc1. The van der Waals surface area contributed by atoms with Gasteiger partial charge in [-0.3, -0.25) is 14.7 Å². The first-order valence-corrected chi connectivity index (χ1v) is 11.5. The highest BCUT2D eigenvalue weighted by Gasteiger charge is 2.16. The Bertz CT molecular complexity index is 1280. The van der Waals surface area contributed by atoms with Crippen LogP contribution in [0.5, 0.6) is 0 Å². The predicted molar refractivity (Wildman–Crippen MR) is 130 cm³/mol. The Balaban J connectivity index is 1.45. The summed E-state index contributed by atoms with van der Waals surface area (Å²) in [5, 5.41) is 8.54. The normalized spacial score (nSPS) is 11.0. The summed E-state index contributed by atoms with van der Waals surface area (Å²) in [6.07, 6.45) is 1.55. The lowest BCUT2D eigenvalue weighted by molar-refractivity contribution is -0.116. The van der Waals surface area contributed by atoms with Gasteiger partial charge in [-0.2, -0.15) is 4.68 Å². The predicted octanol–water partition coefficient (Wildman–Crippen LogP) is 5.04. The van der Waals surface area contributed by atoms with Crippen molar-refractivity contribution in [3.05, 3.63) is 86.6 Å². The molecule has 0 unspecified atom stereocenters. The summed E-state index contributed by atoms with van der Waals surface area (Å²) in [5.74, 6) is -0.114. The molecule has 0 fully saturated rings. The van der Waals surface area contributed by atoms with E-state index in [1.807, 2.05) is 67.8 Å². The molecule has 4 rings (SSSR count). The van der Waals surface area contributed by atoms with Gasteiger partial charge in [-0.25, -0.2) is 4.98 Å². The van der Waals surface area contributed by atoms with Gasteiger partial charge in [0.15, 0.2) is 0 Å². The fourth-order valence-corrected chi connectivity index (χ4v) is 4.31. The number of nitrogens with one attached hydrogen (secondary N) is 2. The van der Waals surface area contributed by atoms with Gasteiger partial charge in [0, 0.05) is 34.3 Å². The number of benzene rings is 2. The van der Waals surface area contributed by atoms with Gasteiger partial charge in [-0.05, 0) is 44.4 Å². The van der Waals surface area contributed by atoms with Gasteiger partial charge in [-0.15, -0.1) is 11.3 Å². The Hall–Kier alpha value is -3.45. The van der Waals surface area contributed by atoms with Crippen molar-refractivity contribution in [3.8, 4) is 16.4 Å². The van der Waals surface area contributed by atoms with Crippen LogP contribution >= 0.6 is 11.3 Å². The number of aryl methyl sites for hydroxylation is 3. The molecule has 2 N–H and O–H groups in total. The van der Waals surface area contributed by atoms with Crippen LogP contribution in [-0.2, 0) is 17.6 Å². The van der Waals surface area contributed by atoms with E-state index < -0.39 is 0 Å². The van der Waals surface area contributed by atoms with Gasteiger partial charge in [0.05, 0.1) is 5.69 Å². The number of amides is 1. The molecular formula is C25H26N4O2S. The molecule has 1 amide bonds. The van der Waals surface area contributed by atoms with Crippen LogP contribution in [0.25, 0.3) is 16.4 Å². The van der Waals surface area contributed by atoms with Gasteiger partial charge >= 0.3 is 0 Å². The van der Waals surface area contributed by atoms with Gasteiger partial charge in [0.2, 0.25) is 11.0 Å². The first-order valence-electron chi connectivity index (χ1n) is 10.7. The standard InChI is InChI=1S/C25H26N4O2S/c1-4-18-7-11-20(12-8-18)26-23(30)14-13-21-17(3)28-29(24(21)31)25-27-22(15-32-25)19-9-5-16(2)6-10-19/h5-12,15,28H,4,13-14H2,1-3H3,(H,26,30). The molecule has 0 radical (unpaired) electrons. The molecular weight excluding hydrogens is 420 g/mol. The Morgan fingerprint density at radius 1 is 1.09 bits per heavy atom. The minimum atomic E-state index is -0.160. The summed E-state index contributed by atoms with van der Waals surface area (Å²) in [5.41, 5.74) is 6.22. The highest BCUT2D eigenvalue weighted by atomic mass is 32.1. The topological polar surface area (TPSA) is 79.8 Å². The van der Waals surface area contributed by atoms with Crippen molar-refractivity contribution >= 4 is 22.9 Å². The molecule has 0 spiro atoms. The maximum Gasteiger partial charge on any atom is 0.276 e. The van der Waals surface area contributed by atoms with Gasteiger partial charge in [0.1, 0.15) is 0 Å². The zero-order chi connectivity index (χ0) is 22.7. The summed E-state index contributed by atoms with van der Waals surface area (Å²) in [7, 11) is 0. The molecule has 0 saturated carbocycles. The smallest absolute Gasteiger partial charge is 0.276 e. The Kier molecular flexibility index (Phi) is 6.37. The number of nitrogens with zero attached hydrogens (tertiary/aromatic N) is 2. The second-order valence-corrected chi connectivity index (χ2v) is 8.67. The number of H-pyrrole nitrogens is 1. The summed E-state index contributed by atoms with van der Waals surface area (Å²) >= 11 is 1.41. The first-order chi connectivity index (χ1) is 15.4. The zero-order valence-electron chi connectivity index (χ0n) is 18.4. The molecule has 2 heterocycles. The van der Waals surface area contributed by atoms with E-state index in [1.54, 1.807) is 0 Å². The van der Waals surface area contributed by atoms with E-state index in [9.17, 15) is 9.59 Å². The van der Waals surface area contributed by atoms with Crippen LogP contribution < -0.4 is 10.9 Å². The Labute approximate surface area is 190 Å². The molecule has 32 heavy (non-hydrogen) atoms. The average Bonchev–Trinajstić information content (AvgIpc) is 3.38. The summed E-state index contributed by atoms with van der Waals surface area (Å²) in [6.45, 7) is 5.99. The van der Waals surface area contributed by atoms with Crippen molar-refractivity contribution in [2.24, 2.45) is 0 Å². The van der Waals surface area contributed by atoms with Crippen molar-refractivity contribution in [3.63, 3.8) is 0 Å². The molecule has 0 aliphatic rings. The van der Waals surface area contributed by atoms with Crippen molar-refractivity contribution in [1.82, 2.24) is 14.8 Å². The van der Waals surface area contributed by atoms with Gasteiger partial charge in [-0.1, -0.05) is 48.9 Å². The number of anilines is 1. The lowest BCUT2D eigenvalue weighted by atomic mass is 10.1. The third-order valence-corrected chi connectivity index (χ3v) is 6.30.